The van der Waals surface area contributed by atoms with Crippen molar-refractivity contribution in [3.63, 3.8) is 0 Å². The van der Waals surface area contributed by atoms with Gasteiger partial charge >= 0.3 is 0 Å². The molecular formula is C14H14BrN5S. The zero-order chi connectivity index (χ0) is 14.4. The predicted octanol–water partition coefficient (Wildman–Crippen LogP) is 3.60. The lowest BCUT2D eigenvalue weighted by molar-refractivity contribution is 0.690. The van der Waals surface area contributed by atoms with Gasteiger partial charge < -0.3 is 4.90 Å². The van der Waals surface area contributed by atoms with Gasteiger partial charge in [0.25, 0.3) is 0 Å². The molecular weight excluding hydrogens is 350 g/mol. The van der Waals surface area contributed by atoms with E-state index in [-0.39, 0.29) is 0 Å². The van der Waals surface area contributed by atoms with Crippen LogP contribution in [0, 0.1) is 6.92 Å². The molecule has 3 aromatic rings. The number of fused-ring (bicyclic) bond motifs is 1. The summed E-state index contributed by atoms with van der Waals surface area (Å²) in [7, 11) is 0. The van der Waals surface area contributed by atoms with E-state index < -0.39 is 0 Å². The quantitative estimate of drug-likeness (QED) is 0.697. The van der Waals surface area contributed by atoms with E-state index >= 15 is 0 Å². The van der Waals surface area contributed by atoms with Gasteiger partial charge in [-0.2, -0.15) is 5.10 Å². The van der Waals surface area contributed by atoms with Gasteiger partial charge in [-0.05, 0) is 41.8 Å². The molecule has 0 aromatic carbocycles. The van der Waals surface area contributed by atoms with Crippen molar-refractivity contribution >= 4 is 38.7 Å². The maximum Gasteiger partial charge on any atom is 0.171 e. The van der Waals surface area contributed by atoms with Gasteiger partial charge in [0.1, 0.15) is 5.82 Å². The molecule has 0 N–H and O–H groups in total. The standard InChI is InChI=1S/C14H14BrN5S/c1-9-17-11(8-21-9)12-3-2-5-19(12)13-4-6-20-14(18-13)10(15)7-16-20/h4,6-8,12H,2-3,5H2,1H3/t12-/m1/s1. The molecule has 1 aliphatic rings. The summed E-state index contributed by atoms with van der Waals surface area (Å²) < 4.78 is 2.70. The third kappa shape index (κ3) is 2.24. The molecule has 108 valence electrons. The van der Waals surface area contributed by atoms with E-state index in [2.05, 4.69) is 43.2 Å². The summed E-state index contributed by atoms with van der Waals surface area (Å²) in [6, 6.07) is 2.37. The number of hydrogen-bond acceptors (Lipinski definition) is 5. The first-order valence-corrected chi connectivity index (χ1v) is 8.58. The van der Waals surface area contributed by atoms with Crippen LogP contribution in [-0.2, 0) is 0 Å². The van der Waals surface area contributed by atoms with E-state index in [9.17, 15) is 0 Å². The molecule has 4 rings (SSSR count). The van der Waals surface area contributed by atoms with Crippen LogP contribution in [0.15, 0.2) is 28.3 Å². The van der Waals surface area contributed by atoms with Crippen LogP contribution in [0.4, 0.5) is 5.82 Å². The van der Waals surface area contributed by atoms with Crippen molar-refractivity contribution in [2.75, 3.05) is 11.4 Å². The molecule has 4 heterocycles. The van der Waals surface area contributed by atoms with Crippen molar-refractivity contribution in [1.82, 2.24) is 19.6 Å². The minimum atomic E-state index is 0.339. The Labute approximate surface area is 134 Å². The first kappa shape index (κ1) is 13.2. The second-order valence-electron chi connectivity index (χ2n) is 5.19. The average Bonchev–Trinajstić information content (AvgIpc) is 3.19. The molecule has 0 bridgehead atoms. The molecule has 1 saturated heterocycles. The minimum absolute atomic E-state index is 0.339. The van der Waals surface area contributed by atoms with Crippen LogP contribution in [0.3, 0.4) is 0 Å². The van der Waals surface area contributed by atoms with Gasteiger partial charge in [0.2, 0.25) is 0 Å². The fourth-order valence-corrected chi connectivity index (χ4v) is 3.89. The lowest BCUT2D eigenvalue weighted by Gasteiger charge is -2.24. The molecule has 1 aliphatic heterocycles. The van der Waals surface area contributed by atoms with E-state index in [1.54, 1.807) is 22.0 Å². The Balaban J connectivity index is 1.74. The predicted molar refractivity (Wildman–Crippen MR) is 86.9 cm³/mol. The Morgan fingerprint density at radius 2 is 2.29 bits per heavy atom. The molecule has 0 aliphatic carbocycles. The number of nitrogens with zero attached hydrogens (tertiary/aromatic N) is 5. The molecule has 0 unspecified atom stereocenters. The minimum Gasteiger partial charge on any atom is -0.348 e. The number of anilines is 1. The van der Waals surface area contributed by atoms with E-state index in [1.165, 1.54) is 12.1 Å². The fourth-order valence-electron chi connectivity index (χ4n) is 2.87. The molecule has 0 amide bonds. The van der Waals surface area contributed by atoms with E-state index in [1.807, 2.05) is 12.3 Å². The monoisotopic (exact) mass is 363 g/mol. The summed E-state index contributed by atoms with van der Waals surface area (Å²) >= 11 is 5.21. The molecule has 5 nitrogen and oxygen atoms in total. The highest BCUT2D eigenvalue weighted by atomic mass is 79.9. The Morgan fingerprint density at radius 3 is 3.10 bits per heavy atom. The smallest absolute Gasteiger partial charge is 0.171 e. The van der Waals surface area contributed by atoms with Crippen LogP contribution >= 0.6 is 27.3 Å². The summed E-state index contributed by atoms with van der Waals surface area (Å²) in [6.45, 7) is 3.08. The number of hydrogen-bond donors (Lipinski definition) is 0. The third-order valence-corrected chi connectivity index (χ3v) is 5.19. The van der Waals surface area contributed by atoms with Gasteiger partial charge in [-0.3, -0.25) is 0 Å². The van der Waals surface area contributed by atoms with Crippen molar-refractivity contribution in [1.29, 1.82) is 0 Å². The average molecular weight is 364 g/mol. The van der Waals surface area contributed by atoms with Crippen LogP contribution in [0.5, 0.6) is 0 Å². The molecule has 0 saturated carbocycles. The largest absolute Gasteiger partial charge is 0.348 e. The van der Waals surface area contributed by atoms with Crippen molar-refractivity contribution < 1.29 is 0 Å². The first-order valence-electron chi connectivity index (χ1n) is 6.91. The Morgan fingerprint density at radius 1 is 1.38 bits per heavy atom. The molecule has 0 radical (unpaired) electrons. The van der Waals surface area contributed by atoms with E-state index in [4.69, 9.17) is 4.98 Å². The number of halogens is 1. The summed E-state index contributed by atoms with van der Waals surface area (Å²) in [5.74, 6) is 0.997. The highest BCUT2D eigenvalue weighted by Gasteiger charge is 2.29. The molecule has 1 fully saturated rings. The second-order valence-corrected chi connectivity index (χ2v) is 7.11. The van der Waals surface area contributed by atoms with Crippen LogP contribution < -0.4 is 4.90 Å². The molecule has 0 spiro atoms. The van der Waals surface area contributed by atoms with Gasteiger partial charge in [-0.1, -0.05) is 0 Å². The molecule has 7 heteroatoms. The van der Waals surface area contributed by atoms with Gasteiger partial charge in [-0.15, -0.1) is 11.3 Å². The summed E-state index contributed by atoms with van der Waals surface area (Å²) in [5, 5.41) is 7.54. The Kier molecular flexibility index (Phi) is 3.19. The molecule has 3 aromatic heterocycles. The lowest BCUT2D eigenvalue weighted by atomic mass is 10.2. The molecule has 21 heavy (non-hydrogen) atoms. The summed E-state index contributed by atoms with van der Waals surface area (Å²) in [5.41, 5.74) is 2.02. The van der Waals surface area contributed by atoms with Gasteiger partial charge in [-0.25, -0.2) is 14.5 Å². The van der Waals surface area contributed by atoms with Crippen LogP contribution in [0.1, 0.15) is 29.6 Å². The zero-order valence-corrected chi connectivity index (χ0v) is 13.9. The van der Waals surface area contributed by atoms with Crippen LogP contribution in [-0.4, -0.2) is 26.1 Å². The van der Waals surface area contributed by atoms with E-state index in [0.29, 0.717) is 6.04 Å². The highest BCUT2D eigenvalue weighted by molar-refractivity contribution is 9.10. The summed E-state index contributed by atoms with van der Waals surface area (Å²) in [4.78, 5) is 11.8. The maximum atomic E-state index is 4.75. The van der Waals surface area contributed by atoms with E-state index in [0.717, 1.165) is 33.9 Å². The number of thiazole rings is 1. The number of aromatic nitrogens is 4. The lowest BCUT2D eigenvalue weighted by Crippen LogP contribution is -2.24. The van der Waals surface area contributed by atoms with Crippen molar-refractivity contribution in [2.24, 2.45) is 0 Å². The number of rotatable bonds is 2. The van der Waals surface area contributed by atoms with Crippen molar-refractivity contribution in [3.05, 3.63) is 39.0 Å². The van der Waals surface area contributed by atoms with Crippen molar-refractivity contribution in [3.8, 4) is 0 Å². The molecule has 1 atom stereocenters. The fraction of sp³-hybridized carbons (Fsp3) is 0.357. The third-order valence-electron chi connectivity index (χ3n) is 3.84. The Bertz CT molecular complexity index is 796. The second kappa shape index (κ2) is 5.06. The first-order chi connectivity index (χ1) is 10.2. The van der Waals surface area contributed by atoms with Crippen LogP contribution in [0.2, 0.25) is 0 Å². The van der Waals surface area contributed by atoms with Crippen LogP contribution in [0.25, 0.3) is 5.65 Å². The van der Waals surface area contributed by atoms with Crippen molar-refractivity contribution in [2.45, 2.75) is 25.8 Å². The SMILES string of the molecule is Cc1nc([C@H]2CCCN2c2ccn3ncc(Br)c3n2)cs1. The summed E-state index contributed by atoms with van der Waals surface area (Å²) in [6.07, 6.45) is 6.05. The Hall–Kier alpha value is -1.47. The highest BCUT2D eigenvalue weighted by Crippen LogP contribution is 2.35. The van der Waals surface area contributed by atoms with Gasteiger partial charge in [0.15, 0.2) is 5.65 Å². The normalized spacial score (nSPS) is 18.8. The number of aryl methyl sites for hydroxylation is 1. The van der Waals surface area contributed by atoms with Gasteiger partial charge in [0, 0.05) is 18.1 Å². The maximum absolute atomic E-state index is 4.75. The zero-order valence-electron chi connectivity index (χ0n) is 11.5. The topological polar surface area (TPSA) is 46.3 Å². The van der Waals surface area contributed by atoms with Gasteiger partial charge in [0.05, 0.1) is 27.4 Å².